The molecule has 1 N–H and O–H groups in total. The highest BCUT2D eigenvalue weighted by Gasteiger charge is 2.13. The summed E-state index contributed by atoms with van der Waals surface area (Å²) in [4.78, 5) is 23.1. The Balaban J connectivity index is 1.50. The van der Waals surface area contributed by atoms with Crippen molar-refractivity contribution in [3.05, 3.63) is 42.2 Å². The number of carbonyl (C=O) groups excluding carboxylic acids is 1. The molecule has 25 heavy (non-hydrogen) atoms. The first-order valence-electron chi connectivity index (χ1n) is 8.74. The standard InChI is InChI=1S/C19H24N4O2/c1-25-17-7-5-6-15(12-17)8-9-18(24)22-16-13-20-19(21-14-16)23-10-3-2-4-11-23/h5-7,12-14H,2-4,8-11H2,1H3,(H,22,24). The van der Waals surface area contributed by atoms with Gasteiger partial charge < -0.3 is 15.0 Å². The third-order valence-electron chi connectivity index (χ3n) is 4.34. The molecule has 1 saturated heterocycles. The number of hydrogen-bond acceptors (Lipinski definition) is 5. The molecule has 1 aliphatic rings. The Hall–Kier alpha value is -2.63. The van der Waals surface area contributed by atoms with Gasteiger partial charge in [0.15, 0.2) is 0 Å². The highest BCUT2D eigenvalue weighted by molar-refractivity contribution is 5.90. The van der Waals surface area contributed by atoms with E-state index < -0.39 is 0 Å². The summed E-state index contributed by atoms with van der Waals surface area (Å²) in [6.07, 6.45) is 8.08. The van der Waals surface area contributed by atoms with E-state index in [1.54, 1.807) is 19.5 Å². The Kier molecular flexibility index (Phi) is 5.82. The van der Waals surface area contributed by atoms with Gasteiger partial charge in [0, 0.05) is 19.5 Å². The van der Waals surface area contributed by atoms with Crippen LogP contribution in [0.2, 0.25) is 0 Å². The molecule has 6 heteroatoms. The number of nitrogens with one attached hydrogen (secondary N) is 1. The monoisotopic (exact) mass is 340 g/mol. The summed E-state index contributed by atoms with van der Waals surface area (Å²) in [5, 5.41) is 2.86. The Morgan fingerprint density at radius 3 is 2.68 bits per heavy atom. The molecule has 0 saturated carbocycles. The van der Waals surface area contributed by atoms with Crippen LogP contribution >= 0.6 is 0 Å². The third-order valence-corrected chi connectivity index (χ3v) is 4.34. The number of carbonyl (C=O) groups is 1. The first-order valence-corrected chi connectivity index (χ1v) is 8.74. The minimum atomic E-state index is -0.0443. The van der Waals surface area contributed by atoms with Gasteiger partial charge in [-0.25, -0.2) is 9.97 Å². The predicted octanol–water partition coefficient (Wildman–Crippen LogP) is 3.05. The third kappa shape index (κ3) is 4.92. The Morgan fingerprint density at radius 2 is 1.96 bits per heavy atom. The molecule has 1 amide bonds. The van der Waals surface area contributed by atoms with Crippen LogP contribution < -0.4 is 15.0 Å². The number of benzene rings is 1. The van der Waals surface area contributed by atoms with Crippen molar-refractivity contribution in [2.45, 2.75) is 32.1 Å². The van der Waals surface area contributed by atoms with Crippen molar-refractivity contribution in [3.63, 3.8) is 0 Å². The number of rotatable bonds is 6. The number of ether oxygens (including phenoxy) is 1. The predicted molar refractivity (Wildman–Crippen MR) is 98.0 cm³/mol. The molecule has 0 aliphatic carbocycles. The van der Waals surface area contributed by atoms with Crippen molar-refractivity contribution in [3.8, 4) is 5.75 Å². The van der Waals surface area contributed by atoms with Crippen LogP contribution in [0.4, 0.5) is 11.6 Å². The van der Waals surface area contributed by atoms with Crippen molar-refractivity contribution in [1.29, 1.82) is 0 Å². The molecule has 0 bridgehead atoms. The van der Waals surface area contributed by atoms with Crippen molar-refractivity contribution in [2.24, 2.45) is 0 Å². The van der Waals surface area contributed by atoms with E-state index in [2.05, 4.69) is 20.2 Å². The van der Waals surface area contributed by atoms with Crippen molar-refractivity contribution in [1.82, 2.24) is 9.97 Å². The van der Waals surface area contributed by atoms with E-state index in [0.29, 0.717) is 18.5 Å². The molecule has 0 unspecified atom stereocenters. The second kappa shape index (κ2) is 8.46. The summed E-state index contributed by atoms with van der Waals surface area (Å²) < 4.78 is 5.20. The molecule has 1 aliphatic heterocycles. The highest BCUT2D eigenvalue weighted by atomic mass is 16.5. The zero-order valence-electron chi connectivity index (χ0n) is 14.6. The number of nitrogens with zero attached hydrogens (tertiary/aromatic N) is 3. The number of amides is 1. The summed E-state index contributed by atoms with van der Waals surface area (Å²) in [6.45, 7) is 2.01. The fraction of sp³-hybridized carbons (Fsp3) is 0.421. The van der Waals surface area contributed by atoms with Crippen LogP contribution in [-0.4, -0.2) is 36.1 Å². The maximum atomic E-state index is 12.1. The summed E-state index contributed by atoms with van der Waals surface area (Å²) >= 11 is 0. The van der Waals surface area contributed by atoms with E-state index in [-0.39, 0.29) is 5.91 Å². The fourth-order valence-electron chi connectivity index (χ4n) is 2.95. The lowest BCUT2D eigenvalue weighted by molar-refractivity contribution is -0.116. The van der Waals surface area contributed by atoms with Gasteiger partial charge in [-0.1, -0.05) is 12.1 Å². The molecule has 6 nitrogen and oxygen atoms in total. The lowest BCUT2D eigenvalue weighted by Crippen LogP contribution is -2.30. The minimum absolute atomic E-state index is 0.0443. The van der Waals surface area contributed by atoms with E-state index in [1.165, 1.54) is 19.3 Å². The molecule has 2 heterocycles. The fourth-order valence-corrected chi connectivity index (χ4v) is 2.95. The van der Waals surface area contributed by atoms with Gasteiger partial charge in [-0.3, -0.25) is 4.79 Å². The van der Waals surface area contributed by atoms with E-state index in [4.69, 9.17) is 4.74 Å². The first kappa shape index (κ1) is 17.2. The Labute approximate surface area is 148 Å². The van der Waals surface area contributed by atoms with Gasteiger partial charge in [-0.05, 0) is 43.4 Å². The molecule has 0 spiro atoms. The lowest BCUT2D eigenvalue weighted by atomic mass is 10.1. The molecule has 3 rings (SSSR count). The first-order chi connectivity index (χ1) is 12.2. The van der Waals surface area contributed by atoms with Crippen LogP contribution in [0.5, 0.6) is 5.75 Å². The van der Waals surface area contributed by atoms with Gasteiger partial charge in [0.05, 0.1) is 25.2 Å². The van der Waals surface area contributed by atoms with Crippen LogP contribution in [0.3, 0.4) is 0 Å². The molecular weight excluding hydrogens is 316 g/mol. The number of anilines is 2. The lowest BCUT2D eigenvalue weighted by Gasteiger charge is -2.26. The van der Waals surface area contributed by atoms with Crippen LogP contribution in [-0.2, 0) is 11.2 Å². The average molecular weight is 340 g/mol. The molecule has 132 valence electrons. The topological polar surface area (TPSA) is 67.3 Å². The molecule has 1 aromatic carbocycles. The SMILES string of the molecule is COc1cccc(CCC(=O)Nc2cnc(N3CCCCC3)nc2)c1. The molecule has 0 atom stereocenters. The second-order valence-electron chi connectivity index (χ2n) is 6.22. The smallest absolute Gasteiger partial charge is 0.225 e. The van der Waals surface area contributed by atoms with E-state index >= 15 is 0 Å². The van der Waals surface area contributed by atoms with Gasteiger partial charge in [0.1, 0.15) is 5.75 Å². The van der Waals surface area contributed by atoms with Crippen molar-refractivity contribution >= 4 is 17.5 Å². The normalized spacial score (nSPS) is 14.2. The summed E-state index contributed by atoms with van der Waals surface area (Å²) in [7, 11) is 1.64. The van der Waals surface area contributed by atoms with Crippen LogP contribution in [0, 0.1) is 0 Å². The Bertz CT molecular complexity index is 697. The highest BCUT2D eigenvalue weighted by Crippen LogP contribution is 2.17. The molecule has 2 aromatic rings. The zero-order valence-corrected chi connectivity index (χ0v) is 14.6. The van der Waals surface area contributed by atoms with E-state index in [1.807, 2.05) is 24.3 Å². The number of aryl methyl sites for hydroxylation is 1. The van der Waals surface area contributed by atoms with Crippen LogP contribution in [0.25, 0.3) is 0 Å². The number of piperidine rings is 1. The molecule has 1 fully saturated rings. The number of methoxy groups -OCH3 is 1. The summed E-state index contributed by atoms with van der Waals surface area (Å²) in [6, 6.07) is 7.76. The van der Waals surface area contributed by atoms with Crippen molar-refractivity contribution in [2.75, 3.05) is 30.4 Å². The van der Waals surface area contributed by atoms with Gasteiger partial charge in [0.2, 0.25) is 11.9 Å². The molecular formula is C19H24N4O2. The van der Waals surface area contributed by atoms with E-state index in [0.717, 1.165) is 30.4 Å². The molecule has 0 radical (unpaired) electrons. The maximum Gasteiger partial charge on any atom is 0.225 e. The molecule has 1 aromatic heterocycles. The minimum Gasteiger partial charge on any atom is -0.497 e. The van der Waals surface area contributed by atoms with Crippen molar-refractivity contribution < 1.29 is 9.53 Å². The second-order valence-corrected chi connectivity index (χ2v) is 6.22. The van der Waals surface area contributed by atoms with Crippen LogP contribution in [0.1, 0.15) is 31.2 Å². The number of hydrogen-bond donors (Lipinski definition) is 1. The quantitative estimate of drug-likeness (QED) is 0.875. The summed E-state index contributed by atoms with van der Waals surface area (Å²) in [5.41, 5.74) is 1.71. The maximum absolute atomic E-state index is 12.1. The van der Waals surface area contributed by atoms with Gasteiger partial charge in [0.25, 0.3) is 0 Å². The zero-order chi connectivity index (χ0) is 17.5. The average Bonchev–Trinajstić information content (AvgIpc) is 2.68. The van der Waals surface area contributed by atoms with Gasteiger partial charge >= 0.3 is 0 Å². The summed E-state index contributed by atoms with van der Waals surface area (Å²) in [5.74, 6) is 1.51. The van der Waals surface area contributed by atoms with E-state index in [9.17, 15) is 4.79 Å². The van der Waals surface area contributed by atoms with Gasteiger partial charge in [-0.2, -0.15) is 0 Å². The number of aromatic nitrogens is 2. The largest absolute Gasteiger partial charge is 0.497 e. The van der Waals surface area contributed by atoms with Crippen LogP contribution in [0.15, 0.2) is 36.7 Å². The Morgan fingerprint density at radius 1 is 1.20 bits per heavy atom. The van der Waals surface area contributed by atoms with Gasteiger partial charge in [-0.15, -0.1) is 0 Å².